The fourth-order valence-electron chi connectivity index (χ4n) is 4.92. The number of ketones is 1. The summed E-state index contributed by atoms with van der Waals surface area (Å²) < 4.78 is 72.4. The molecule has 0 fully saturated rings. The molecule has 0 radical (unpaired) electrons. The minimum atomic E-state index is -5.01. The lowest BCUT2D eigenvalue weighted by molar-refractivity contribution is -0.165. The summed E-state index contributed by atoms with van der Waals surface area (Å²) in [6.45, 7) is 0.507. The SMILES string of the molecule is COc1ccc(C(CC(=O)N[C@@H](Cc2ccccc2)C(=O)N[C@H](C(=O)C(F)(F)C(=O)NCC(F)(F)F)C(C)C)c2cccc(Cl)c2Cl)cc1. The summed E-state index contributed by atoms with van der Waals surface area (Å²) in [5, 5.41) is 6.25. The molecule has 0 aromatic heterocycles. The van der Waals surface area contributed by atoms with E-state index in [-0.39, 0.29) is 22.9 Å². The van der Waals surface area contributed by atoms with E-state index >= 15 is 0 Å². The zero-order valence-electron chi connectivity index (χ0n) is 26.5. The van der Waals surface area contributed by atoms with Crippen LogP contribution in [0.15, 0.2) is 72.8 Å². The van der Waals surface area contributed by atoms with Gasteiger partial charge < -0.3 is 20.7 Å². The Labute approximate surface area is 289 Å². The first kappa shape index (κ1) is 39.2. The maximum Gasteiger partial charge on any atom is 0.405 e. The van der Waals surface area contributed by atoms with Crippen LogP contribution < -0.4 is 20.7 Å². The van der Waals surface area contributed by atoms with Crippen molar-refractivity contribution in [1.82, 2.24) is 16.0 Å². The molecule has 3 aromatic carbocycles. The highest BCUT2D eigenvalue weighted by Crippen LogP contribution is 2.37. The first-order chi connectivity index (χ1) is 22.9. The van der Waals surface area contributed by atoms with Crippen molar-refractivity contribution in [1.29, 1.82) is 0 Å². The summed E-state index contributed by atoms with van der Waals surface area (Å²) in [6, 6.07) is 16.7. The van der Waals surface area contributed by atoms with Gasteiger partial charge in [0.2, 0.25) is 17.6 Å². The highest BCUT2D eigenvalue weighted by molar-refractivity contribution is 6.42. The monoisotopic (exact) mass is 729 g/mol. The third-order valence-corrected chi connectivity index (χ3v) is 8.32. The molecule has 3 rings (SSSR count). The Morgan fingerprint density at radius 3 is 2.04 bits per heavy atom. The van der Waals surface area contributed by atoms with Gasteiger partial charge in [-0.25, -0.2) is 0 Å². The van der Waals surface area contributed by atoms with E-state index in [1.807, 2.05) is 0 Å². The van der Waals surface area contributed by atoms with E-state index in [1.165, 1.54) is 21.0 Å². The van der Waals surface area contributed by atoms with Crippen LogP contribution in [0.4, 0.5) is 22.0 Å². The number of nitrogens with one attached hydrogen (secondary N) is 3. The molecule has 0 heterocycles. The van der Waals surface area contributed by atoms with E-state index < -0.39 is 66.1 Å². The third kappa shape index (κ3) is 10.9. The number of ether oxygens (including phenoxy) is 1. The fraction of sp³-hybridized carbons (Fsp3) is 0.353. The summed E-state index contributed by atoms with van der Waals surface area (Å²) in [5.74, 6) is -12.3. The van der Waals surface area contributed by atoms with Crippen LogP contribution in [0.3, 0.4) is 0 Å². The molecule has 3 aromatic rings. The lowest BCUT2D eigenvalue weighted by Gasteiger charge is -2.28. The second-order valence-electron chi connectivity index (χ2n) is 11.4. The van der Waals surface area contributed by atoms with Gasteiger partial charge in [0.1, 0.15) is 18.3 Å². The van der Waals surface area contributed by atoms with Gasteiger partial charge in [-0.05, 0) is 40.8 Å². The van der Waals surface area contributed by atoms with Gasteiger partial charge in [0.05, 0.1) is 23.2 Å². The van der Waals surface area contributed by atoms with Crippen molar-refractivity contribution in [3.63, 3.8) is 0 Å². The molecule has 3 amide bonds. The van der Waals surface area contributed by atoms with E-state index in [4.69, 9.17) is 27.9 Å². The van der Waals surface area contributed by atoms with Crippen LogP contribution in [0.1, 0.15) is 42.9 Å². The number of carbonyl (C=O) groups excluding carboxylic acids is 4. The van der Waals surface area contributed by atoms with Gasteiger partial charge in [-0.1, -0.05) is 91.6 Å². The number of hydrogen-bond donors (Lipinski definition) is 3. The molecule has 3 N–H and O–H groups in total. The molecule has 0 aliphatic carbocycles. The van der Waals surface area contributed by atoms with Crippen LogP contribution in [0.5, 0.6) is 5.75 Å². The molecule has 1 unspecified atom stereocenters. The molecule has 8 nitrogen and oxygen atoms in total. The second-order valence-corrected chi connectivity index (χ2v) is 12.2. The van der Waals surface area contributed by atoms with Crippen molar-refractivity contribution in [2.24, 2.45) is 5.92 Å². The quantitative estimate of drug-likeness (QED) is 0.126. The van der Waals surface area contributed by atoms with E-state index in [2.05, 4.69) is 10.6 Å². The van der Waals surface area contributed by atoms with E-state index in [0.29, 0.717) is 22.4 Å². The van der Waals surface area contributed by atoms with Crippen molar-refractivity contribution in [3.8, 4) is 5.75 Å². The molecular formula is C34H34Cl2F5N3O5. The number of carbonyl (C=O) groups is 4. The average molecular weight is 731 g/mol. The zero-order valence-corrected chi connectivity index (χ0v) is 28.1. The summed E-state index contributed by atoms with van der Waals surface area (Å²) in [7, 11) is 1.49. The normalized spacial score (nSPS) is 13.6. The number of alkyl halides is 5. The van der Waals surface area contributed by atoms with Crippen molar-refractivity contribution in [2.45, 2.75) is 56.8 Å². The van der Waals surface area contributed by atoms with Gasteiger partial charge in [0.15, 0.2) is 0 Å². The van der Waals surface area contributed by atoms with Crippen molar-refractivity contribution < 1.29 is 45.9 Å². The van der Waals surface area contributed by atoms with Crippen LogP contribution in [-0.2, 0) is 25.6 Å². The Hall–Kier alpha value is -4.23. The summed E-state index contributed by atoms with van der Waals surface area (Å²) >= 11 is 12.8. The largest absolute Gasteiger partial charge is 0.497 e. The number of halogens is 7. The lowest BCUT2D eigenvalue weighted by atomic mass is 9.88. The zero-order chi connectivity index (χ0) is 36.5. The number of Topliss-reactive ketones (excluding diaryl/α,β-unsaturated/α-hetero) is 1. The Morgan fingerprint density at radius 1 is 0.837 bits per heavy atom. The van der Waals surface area contributed by atoms with E-state index in [9.17, 15) is 41.1 Å². The molecule has 264 valence electrons. The first-order valence-corrected chi connectivity index (χ1v) is 15.7. The van der Waals surface area contributed by atoms with Crippen LogP contribution in [0.2, 0.25) is 10.0 Å². The van der Waals surface area contributed by atoms with Crippen LogP contribution in [0.25, 0.3) is 0 Å². The number of hydrogen-bond acceptors (Lipinski definition) is 5. The summed E-state index contributed by atoms with van der Waals surface area (Å²) in [6.07, 6.45) is -5.40. The van der Waals surface area contributed by atoms with Crippen LogP contribution in [-0.4, -0.2) is 61.3 Å². The molecule has 0 bridgehead atoms. The molecule has 0 saturated heterocycles. The van der Waals surface area contributed by atoms with E-state index in [0.717, 1.165) is 5.32 Å². The van der Waals surface area contributed by atoms with Gasteiger partial charge in [-0.3, -0.25) is 19.2 Å². The highest BCUT2D eigenvalue weighted by Gasteiger charge is 2.52. The molecule has 0 saturated carbocycles. The van der Waals surface area contributed by atoms with Gasteiger partial charge in [-0.2, -0.15) is 22.0 Å². The fourth-order valence-corrected chi connectivity index (χ4v) is 5.36. The Morgan fingerprint density at radius 2 is 1.47 bits per heavy atom. The van der Waals surface area contributed by atoms with Crippen molar-refractivity contribution in [3.05, 3.63) is 99.5 Å². The molecular weight excluding hydrogens is 696 g/mol. The Kier molecular flexibility index (Phi) is 13.5. The molecule has 0 aliphatic heterocycles. The Balaban J connectivity index is 1.90. The van der Waals surface area contributed by atoms with Gasteiger partial charge in [-0.15, -0.1) is 0 Å². The maximum atomic E-state index is 14.8. The predicted molar refractivity (Wildman–Crippen MR) is 174 cm³/mol. The Bertz CT molecular complexity index is 1620. The minimum absolute atomic E-state index is 0.134. The van der Waals surface area contributed by atoms with E-state index in [1.54, 1.807) is 72.8 Å². The topological polar surface area (TPSA) is 114 Å². The third-order valence-electron chi connectivity index (χ3n) is 7.49. The van der Waals surface area contributed by atoms with Crippen LogP contribution >= 0.6 is 23.2 Å². The van der Waals surface area contributed by atoms with Gasteiger partial charge >= 0.3 is 12.1 Å². The predicted octanol–water partition coefficient (Wildman–Crippen LogP) is 6.28. The molecule has 15 heteroatoms. The maximum absolute atomic E-state index is 14.8. The van der Waals surface area contributed by atoms with Crippen molar-refractivity contribution >= 4 is 46.7 Å². The minimum Gasteiger partial charge on any atom is -0.497 e. The highest BCUT2D eigenvalue weighted by atomic mass is 35.5. The number of methoxy groups -OCH3 is 1. The molecule has 3 atom stereocenters. The molecule has 0 aliphatic rings. The first-order valence-electron chi connectivity index (χ1n) is 14.9. The van der Waals surface area contributed by atoms with Gasteiger partial charge in [0, 0.05) is 18.8 Å². The average Bonchev–Trinajstić information content (AvgIpc) is 3.05. The number of rotatable bonds is 15. The molecule has 49 heavy (non-hydrogen) atoms. The smallest absolute Gasteiger partial charge is 0.405 e. The standard InChI is InChI=1S/C34H34Cl2F5N3O5/c1-19(2)29(30(46)34(40,41)32(48)42-18-33(37,38)39)44-31(47)26(16-20-8-5-4-6-9-20)43-27(45)17-24(21-12-14-22(49-3)15-13-21)23-10-7-11-25(35)28(23)36/h4-15,19,24,26,29H,16-18H2,1-3H3,(H,42,48)(H,43,45)(H,44,47)/t24?,26-,29-/m0/s1. The van der Waals surface area contributed by atoms with Gasteiger partial charge in [0.25, 0.3) is 5.91 Å². The van der Waals surface area contributed by atoms with Crippen molar-refractivity contribution in [2.75, 3.05) is 13.7 Å². The summed E-state index contributed by atoms with van der Waals surface area (Å²) in [4.78, 5) is 52.1. The number of amides is 3. The second kappa shape index (κ2) is 16.9. The van der Waals surface area contributed by atoms with Crippen LogP contribution in [0, 0.1) is 5.92 Å². The summed E-state index contributed by atoms with van der Waals surface area (Å²) in [5.41, 5.74) is 1.73. The number of benzene rings is 3. The lowest BCUT2D eigenvalue weighted by Crippen LogP contribution is -2.59. The molecule has 0 spiro atoms.